The van der Waals surface area contributed by atoms with Gasteiger partial charge in [0.05, 0.1) is 0 Å². The predicted molar refractivity (Wildman–Crippen MR) is 54.0 cm³/mol. The van der Waals surface area contributed by atoms with Crippen molar-refractivity contribution in [3.05, 3.63) is 35.4 Å². The highest BCUT2D eigenvalue weighted by Gasteiger charge is 2.19. The molecule has 0 radical (unpaired) electrons. The first-order valence-electron chi connectivity index (χ1n) is 4.99. The molecule has 1 atom stereocenters. The molecule has 1 unspecified atom stereocenters. The van der Waals surface area contributed by atoms with E-state index >= 15 is 0 Å². The van der Waals surface area contributed by atoms with Gasteiger partial charge in [0.2, 0.25) is 0 Å². The van der Waals surface area contributed by atoms with E-state index in [2.05, 4.69) is 18.2 Å². The minimum Gasteiger partial charge on any atom is -0.462 e. The van der Waals surface area contributed by atoms with Crippen molar-refractivity contribution < 1.29 is 9.53 Å². The largest absolute Gasteiger partial charge is 0.462 e. The van der Waals surface area contributed by atoms with Crippen LogP contribution >= 0.6 is 0 Å². The van der Waals surface area contributed by atoms with E-state index in [1.54, 1.807) is 0 Å². The van der Waals surface area contributed by atoms with E-state index in [1.807, 2.05) is 6.07 Å². The maximum Gasteiger partial charge on any atom is 0.302 e. The third-order valence-corrected chi connectivity index (χ3v) is 2.63. The van der Waals surface area contributed by atoms with Crippen molar-refractivity contribution in [2.75, 3.05) is 0 Å². The fourth-order valence-electron chi connectivity index (χ4n) is 2.00. The topological polar surface area (TPSA) is 26.3 Å². The quantitative estimate of drug-likeness (QED) is 0.634. The molecule has 2 rings (SSSR count). The molecule has 1 aliphatic rings. The Morgan fingerprint density at radius 1 is 1.36 bits per heavy atom. The highest BCUT2D eigenvalue weighted by molar-refractivity contribution is 5.66. The second-order valence-electron chi connectivity index (χ2n) is 3.74. The monoisotopic (exact) mass is 190 g/mol. The van der Waals surface area contributed by atoms with E-state index in [1.165, 1.54) is 18.1 Å². The van der Waals surface area contributed by atoms with E-state index in [9.17, 15) is 4.79 Å². The second-order valence-corrected chi connectivity index (χ2v) is 3.74. The summed E-state index contributed by atoms with van der Waals surface area (Å²) in [5.41, 5.74) is 2.72. The van der Waals surface area contributed by atoms with Crippen LogP contribution in [0.2, 0.25) is 0 Å². The number of esters is 1. The van der Waals surface area contributed by atoms with Crippen LogP contribution in [0, 0.1) is 0 Å². The summed E-state index contributed by atoms with van der Waals surface area (Å²) in [4.78, 5) is 10.8. The summed E-state index contributed by atoms with van der Waals surface area (Å²) < 4.78 is 5.21. The molecule has 0 aliphatic heterocycles. The van der Waals surface area contributed by atoms with Crippen molar-refractivity contribution in [1.82, 2.24) is 0 Å². The molecule has 0 heterocycles. The third kappa shape index (κ3) is 1.95. The van der Waals surface area contributed by atoms with Crippen molar-refractivity contribution in [3.63, 3.8) is 0 Å². The molecule has 0 N–H and O–H groups in total. The van der Waals surface area contributed by atoms with Gasteiger partial charge in [-0.1, -0.05) is 24.3 Å². The Kier molecular flexibility index (Phi) is 2.53. The molecular weight excluding hydrogens is 176 g/mol. The summed E-state index contributed by atoms with van der Waals surface area (Å²) >= 11 is 0. The maximum absolute atomic E-state index is 10.8. The van der Waals surface area contributed by atoms with Gasteiger partial charge in [-0.05, 0) is 24.0 Å². The fourth-order valence-corrected chi connectivity index (χ4v) is 2.00. The van der Waals surface area contributed by atoms with Gasteiger partial charge in [0.1, 0.15) is 6.10 Å². The number of hydrogen-bond acceptors (Lipinski definition) is 2. The molecule has 0 spiro atoms. The van der Waals surface area contributed by atoms with Crippen LogP contribution in [-0.2, 0) is 22.4 Å². The van der Waals surface area contributed by atoms with Crippen LogP contribution in [0.25, 0.3) is 0 Å². The molecular formula is C12H14O2. The van der Waals surface area contributed by atoms with Crippen LogP contribution < -0.4 is 0 Å². The first-order chi connectivity index (χ1) is 6.75. The summed E-state index contributed by atoms with van der Waals surface area (Å²) in [6.07, 6.45) is 2.93. The van der Waals surface area contributed by atoms with Gasteiger partial charge >= 0.3 is 5.97 Å². The molecule has 2 heteroatoms. The molecule has 74 valence electrons. The van der Waals surface area contributed by atoms with Gasteiger partial charge in [-0.25, -0.2) is 0 Å². The van der Waals surface area contributed by atoms with Crippen LogP contribution in [0.5, 0.6) is 0 Å². The molecule has 1 aromatic rings. The van der Waals surface area contributed by atoms with Gasteiger partial charge in [0, 0.05) is 13.3 Å². The number of rotatable bonds is 1. The lowest BCUT2D eigenvalue weighted by molar-refractivity contribution is -0.146. The first-order valence-corrected chi connectivity index (χ1v) is 4.99. The van der Waals surface area contributed by atoms with Gasteiger partial charge in [-0.3, -0.25) is 4.79 Å². The zero-order valence-corrected chi connectivity index (χ0v) is 8.32. The Morgan fingerprint density at radius 2 is 2.07 bits per heavy atom. The van der Waals surface area contributed by atoms with Gasteiger partial charge < -0.3 is 4.74 Å². The van der Waals surface area contributed by atoms with E-state index in [0.29, 0.717) is 0 Å². The number of hydrogen-bond donors (Lipinski definition) is 0. The van der Waals surface area contributed by atoms with Crippen molar-refractivity contribution in [2.45, 2.75) is 32.3 Å². The highest BCUT2D eigenvalue weighted by atomic mass is 16.5. The van der Waals surface area contributed by atoms with Crippen LogP contribution in [0.1, 0.15) is 24.5 Å². The number of benzene rings is 1. The first kappa shape index (κ1) is 9.25. The number of carbonyl (C=O) groups excluding carboxylic acids is 1. The zero-order valence-electron chi connectivity index (χ0n) is 8.32. The Bertz CT molecular complexity index is 344. The minimum absolute atomic E-state index is 0.0856. The molecule has 0 bridgehead atoms. The number of carbonyl (C=O) groups is 1. The molecule has 0 aromatic heterocycles. The maximum atomic E-state index is 10.8. The van der Waals surface area contributed by atoms with Crippen LogP contribution in [0.15, 0.2) is 24.3 Å². The fraction of sp³-hybridized carbons (Fsp3) is 0.417. The summed E-state index contributed by atoms with van der Waals surface area (Å²) in [5, 5.41) is 0. The predicted octanol–water partition coefficient (Wildman–Crippen LogP) is 2.11. The average molecular weight is 190 g/mol. The lowest BCUT2D eigenvalue weighted by Gasteiger charge is -2.23. The highest BCUT2D eigenvalue weighted by Crippen LogP contribution is 2.22. The van der Waals surface area contributed by atoms with Crippen LogP contribution in [0.3, 0.4) is 0 Å². The second kappa shape index (κ2) is 3.82. The van der Waals surface area contributed by atoms with Gasteiger partial charge in [0.25, 0.3) is 0 Å². The summed E-state index contributed by atoms with van der Waals surface area (Å²) in [7, 11) is 0. The molecule has 0 amide bonds. The molecule has 0 fully saturated rings. The molecule has 2 nitrogen and oxygen atoms in total. The van der Waals surface area contributed by atoms with Gasteiger partial charge in [-0.15, -0.1) is 0 Å². The van der Waals surface area contributed by atoms with Crippen molar-refractivity contribution in [2.24, 2.45) is 0 Å². The Hall–Kier alpha value is -1.31. The van der Waals surface area contributed by atoms with Crippen molar-refractivity contribution in [1.29, 1.82) is 0 Å². The summed E-state index contributed by atoms with van der Waals surface area (Å²) in [5.74, 6) is -0.172. The SMILES string of the molecule is CC(=O)OC1CCc2ccccc2C1. The summed E-state index contributed by atoms with van der Waals surface area (Å²) in [6, 6.07) is 8.37. The lowest BCUT2D eigenvalue weighted by atomic mass is 9.90. The number of ether oxygens (including phenoxy) is 1. The normalized spacial score (nSPS) is 19.9. The Morgan fingerprint density at radius 3 is 2.79 bits per heavy atom. The van der Waals surface area contributed by atoms with Gasteiger partial charge in [-0.2, -0.15) is 0 Å². The zero-order chi connectivity index (χ0) is 9.97. The van der Waals surface area contributed by atoms with Gasteiger partial charge in [0.15, 0.2) is 0 Å². The van der Waals surface area contributed by atoms with Crippen LogP contribution in [-0.4, -0.2) is 12.1 Å². The Labute approximate surface area is 83.9 Å². The Balaban J connectivity index is 2.09. The standard InChI is InChI=1S/C12H14O2/c1-9(13)14-12-7-6-10-4-2-3-5-11(10)8-12/h2-5,12H,6-8H2,1H3. The van der Waals surface area contributed by atoms with E-state index in [-0.39, 0.29) is 12.1 Å². The van der Waals surface area contributed by atoms with Crippen molar-refractivity contribution >= 4 is 5.97 Å². The van der Waals surface area contributed by atoms with E-state index in [0.717, 1.165) is 19.3 Å². The molecule has 1 aromatic carbocycles. The smallest absolute Gasteiger partial charge is 0.302 e. The summed E-state index contributed by atoms with van der Waals surface area (Å²) in [6.45, 7) is 1.47. The van der Waals surface area contributed by atoms with Crippen LogP contribution in [0.4, 0.5) is 0 Å². The molecule has 0 saturated carbocycles. The number of aryl methyl sites for hydroxylation is 1. The third-order valence-electron chi connectivity index (χ3n) is 2.63. The van der Waals surface area contributed by atoms with E-state index < -0.39 is 0 Å². The average Bonchev–Trinajstić information content (AvgIpc) is 2.17. The molecule has 0 saturated heterocycles. The minimum atomic E-state index is -0.172. The molecule has 14 heavy (non-hydrogen) atoms. The van der Waals surface area contributed by atoms with E-state index in [4.69, 9.17) is 4.74 Å². The lowest BCUT2D eigenvalue weighted by Crippen LogP contribution is -2.24. The van der Waals surface area contributed by atoms with Crippen molar-refractivity contribution in [3.8, 4) is 0 Å². The number of fused-ring (bicyclic) bond motifs is 1. The molecule has 1 aliphatic carbocycles.